The number of hydrogen-bond donors (Lipinski definition) is 1. The van der Waals surface area contributed by atoms with Gasteiger partial charge in [-0.1, -0.05) is 6.08 Å². The van der Waals surface area contributed by atoms with Crippen LogP contribution in [0, 0.1) is 0 Å². The lowest BCUT2D eigenvalue weighted by Gasteiger charge is -2.30. The molecule has 0 aliphatic carbocycles. The number of nitrogens with two attached hydrogens (primary N) is 1. The van der Waals surface area contributed by atoms with E-state index >= 15 is 0 Å². The van der Waals surface area contributed by atoms with Crippen LogP contribution in [0.25, 0.3) is 0 Å². The highest BCUT2D eigenvalue weighted by molar-refractivity contribution is 5.85. The van der Waals surface area contributed by atoms with Gasteiger partial charge in [0.2, 0.25) is 0 Å². The molecule has 5 heteroatoms. The molecule has 1 aliphatic rings. The maximum Gasteiger partial charge on any atom is 0.410 e. The van der Waals surface area contributed by atoms with E-state index in [1.165, 1.54) is 0 Å². The van der Waals surface area contributed by atoms with Gasteiger partial charge in [-0.2, -0.15) is 0 Å². The van der Waals surface area contributed by atoms with Crippen LogP contribution in [0.5, 0.6) is 0 Å². The second-order valence-corrected chi connectivity index (χ2v) is 4.76. The van der Waals surface area contributed by atoms with Gasteiger partial charge in [-0.05, 0) is 32.8 Å². The van der Waals surface area contributed by atoms with Crippen LogP contribution in [0.1, 0.15) is 27.2 Å². The minimum Gasteiger partial charge on any atom is -0.444 e. The molecule has 16 heavy (non-hydrogen) atoms. The van der Waals surface area contributed by atoms with Crippen molar-refractivity contribution in [1.82, 2.24) is 4.90 Å². The van der Waals surface area contributed by atoms with Crippen molar-refractivity contribution in [1.29, 1.82) is 0 Å². The minimum absolute atomic E-state index is 0. The minimum atomic E-state index is -0.429. The van der Waals surface area contributed by atoms with Crippen molar-refractivity contribution in [3.63, 3.8) is 0 Å². The van der Waals surface area contributed by atoms with Gasteiger partial charge >= 0.3 is 6.09 Å². The van der Waals surface area contributed by atoms with E-state index in [0.717, 1.165) is 18.5 Å². The molecule has 0 atom stereocenters. The number of hydrogen-bond acceptors (Lipinski definition) is 3. The number of amides is 1. The Balaban J connectivity index is 0.00000225. The molecule has 0 saturated heterocycles. The molecule has 1 rings (SSSR count). The Labute approximate surface area is 103 Å². The van der Waals surface area contributed by atoms with Crippen molar-refractivity contribution >= 4 is 18.5 Å². The lowest BCUT2D eigenvalue weighted by Crippen LogP contribution is -2.40. The average molecular weight is 249 g/mol. The van der Waals surface area contributed by atoms with E-state index in [9.17, 15) is 4.79 Å². The Morgan fingerprint density at radius 3 is 2.69 bits per heavy atom. The molecule has 0 aromatic heterocycles. The van der Waals surface area contributed by atoms with E-state index in [4.69, 9.17) is 10.5 Å². The Bertz CT molecular complexity index is 272. The van der Waals surface area contributed by atoms with Crippen molar-refractivity contribution < 1.29 is 9.53 Å². The predicted octanol–water partition coefficient (Wildman–Crippen LogP) is 1.93. The van der Waals surface area contributed by atoms with Crippen LogP contribution in [0.2, 0.25) is 0 Å². The molecule has 0 saturated carbocycles. The summed E-state index contributed by atoms with van der Waals surface area (Å²) in [6.45, 7) is 7.45. The topological polar surface area (TPSA) is 55.6 Å². The summed E-state index contributed by atoms with van der Waals surface area (Å²) >= 11 is 0. The summed E-state index contributed by atoms with van der Waals surface area (Å²) in [6.07, 6.45) is 2.72. The first kappa shape index (κ1) is 15.3. The maximum atomic E-state index is 11.7. The van der Waals surface area contributed by atoms with Crippen molar-refractivity contribution in [3.05, 3.63) is 11.6 Å². The fourth-order valence-corrected chi connectivity index (χ4v) is 1.44. The van der Waals surface area contributed by atoms with E-state index in [1.54, 1.807) is 4.90 Å². The van der Waals surface area contributed by atoms with Gasteiger partial charge in [-0.3, -0.25) is 0 Å². The molecule has 0 aromatic carbocycles. The highest BCUT2D eigenvalue weighted by atomic mass is 35.5. The van der Waals surface area contributed by atoms with Gasteiger partial charge in [-0.15, -0.1) is 12.4 Å². The van der Waals surface area contributed by atoms with Crippen molar-refractivity contribution in [2.24, 2.45) is 5.73 Å². The van der Waals surface area contributed by atoms with Crippen LogP contribution in [-0.2, 0) is 4.74 Å². The zero-order chi connectivity index (χ0) is 11.5. The lowest BCUT2D eigenvalue weighted by molar-refractivity contribution is 0.0262. The second-order valence-electron chi connectivity index (χ2n) is 4.76. The average Bonchev–Trinajstić information content (AvgIpc) is 2.15. The molecule has 0 fully saturated rings. The summed E-state index contributed by atoms with van der Waals surface area (Å²) in [5.41, 5.74) is 6.22. The van der Waals surface area contributed by atoms with E-state index < -0.39 is 5.60 Å². The van der Waals surface area contributed by atoms with Gasteiger partial charge < -0.3 is 15.4 Å². The van der Waals surface area contributed by atoms with Gasteiger partial charge in [0.1, 0.15) is 5.60 Å². The monoisotopic (exact) mass is 248 g/mol. The molecular weight excluding hydrogens is 228 g/mol. The van der Waals surface area contributed by atoms with Gasteiger partial charge in [0.15, 0.2) is 0 Å². The standard InChI is InChI=1S/C11H20N2O2.ClH/c1-11(2,3)15-10(14)13-6-4-5-9(7-12)8-13;/h5H,4,6-8,12H2,1-3H3;1H. The Morgan fingerprint density at radius 2 is 2.19 bits per heavy atom. The number of carbonyl (C=O) groups excluding carboxylic acids is 1. The van der Waals surface area contributed by atoms with Crippen LogP contribution in [0.3, 0.4) is 0 Å². The molecule has 0 radical (unpaired) electrons. The van der Waals surface area contributed by atoms with E-state index in [0.29, 0.717) is 13.1 Å². The van der Waals surface area contributed by atoms with E-state index in [-0.39, 0.29) is 18.5 Å². The zero-order valence-electron chi connectivity index (χ0n) is 10.2. The first-order chi connectivity index (χ1) is 6.92. The Morgan fingerprint density at radius 1 is 1.56 bits per heavy atom. The fourth-order valence-electron chi connectivity index (χ4n) is 1.44. The van der Waals surface area contributed by atoms with Gasteiger partial charge in [0.25, 0.3) is 0 Å². The van der Waals surface area contributed by atoms with Crippen LogP contribution in [-0.4, -0.2) is 36.2 Å². The van der Waals surface area contributed by atoms with Gasteiger partial charge in [0.05, 0.1) is 0 Å². The van der Waals surface area contributed by atoms with Crippen molar-refractivity contribution in [2.45, 2.75) is 32.8 Å². The summed E-state index contributed by atoms with van der Waals surface area (Å²) in [5, 5.41) is 0. The Hall–Kier alpha value is -0.740. The zero-order valence-corrected chi connectivity index (χ0v) is 11.0. The molecular formula is C11H21ClN2O2. The summed E-state index contributed by atoms with van der Waals surface area (Å²) in [4.78, 5) is 13.4. The fraction of sp³-hybridized carbons (Fsp3) is 0.727. The van der Waals surface area contributed by atoms with Gasteiger partial charge in [-0.25, -0.2) is 4.79 Å². The lowest BCUT2D eigenvalue weighted by atomic mass is 10.1. The second kappa shape index (κ2) is 6.11. The first-order valence-electron chi connectivity index (χ1n) is 5.28. The van der Waals surface area contributed by atoms with Crippen LogP contribution < -0.4 is 5.73 Å². The maximum absolute atomic E-state index is 11.7. The summed E-state index contributed by atoms with van der Waals surface area (Å²) in [7, 11) is 0. The highest BCUT2D eigenvalue weighted by Crippen LogP contribution is 2.14. The summed E-state index contributed by atoms with van der Waals surface area (Å²) in [5.74, 6) is 0. The molecule has 1 aliphatic heterocycles. The van der Waals surface area contributed by atoms with Crippen LogP contribution in [0.4, 0.5) is 4.79 Å². The van der Waals surface area contributed by atoms with Crippen LogP contribution >= 0.6 is 12.4 Å². The van der Waals surface area contributed by atoms with Crippen LogP contribution in [0.15, 0.2) is 11.6 Å². The van der Waals surface area contributed by atoms with Gasteiger partial charge in [0, 0.05) is 19.6 Å². The summed E-state index contributed by atoms with van der Waals surface area (Å²) in [6, 6.07) is 0. The van der Waals surface area contributed by atoms with Crippen molar-refractivity contribution in [2.75, 3.05) is 19.6 Å². The quantitative estimate of drug-likeness (QED) is 0.722. The smallest absolute Gasteiger partial charge is 0.410 e. The molecule has 1 heterocycles. The number of ether oxygens (including phenoxy) is 1. The predicted molar refractivity (Wildman–Crippen MR) is 66.8 cm³/mol. The normalized spacial score (nSPS) is 16.2. The molecule has 0 spiro atoms. The number of rotatable bonds is 1. The number of halogens is 1. The third-order valence-electron chi connectivity index (χ3n) is 2.14. The van der Waals surface area contributed by atoms with Crippen molar-refractivity contribution in [3.8, 4) is 0 Å². The first-order valence-corrected chi connectivity index (χ1v) is 5.28. The molecule has 4 nitrogen and oxygen atoms in total. The SMILES string of the molecule is CC(C)(C)OC(=O)N1CCC=C(CN)C1.Cl. The molecule has 0 bridgehead atoms. The molecule has 1 amide bonds. The third-order valence-corrected chi connectivity index (χ3v) is 2.14. The Kier molecular flexibility index (Phi) is 5.83. The molecule has 0 aromatic rings. The molecule has 0 unspecified atom stereocenters. The number of nitrogens with zero attached hydrogens (tertiary/aromatic N) is 1. The third kappa shape index (κ3) is 4.86. The molecule has 2 N–H and O–H groups in total. The van der Waals surface area contributed by atoms with E-state index in [2.05, 4.69) is 6.08 Å². The number of carbonyl (C=O) groups is 1. The largest absolute Gasteiger partial charge is 0.444 e. The van der Waals surface area contributed by atoms with E-state index in [1.807, 2.05) is 20.8 Å². The molecule has 94 valence electrons. The summed E-state index contributed by atoms with van der Waals surface area (Å²) < 4.78 is 5.29. The highest BCUT2D eigenvalue weighted by Gasteiger charge is 2.23.